The third-order valence-corrected chi connectivity index (χ3v) is 3.73. The molecule has 0 fully saturated rings. The summed E-state index contributed by atoms with van der Waals surface area (Å²) >= 11 is 0. The Morgan fingerprint density at radius 3 is 2.16 bits per heavy atom. The third kappa shape index (κ3) is 1.97. The second-order valence-electron chi connectivity index (χ2n) is 5.05. The van der Waals surface area contributed by atoms with Crippen LogP contribution < -0.4 is 5.73 Å². The number of anilines is 1. The van der Waals surface area contributed by atoms with Crippen LogP contribution in [0.25, 0.3) is 21.9 Å². The van der Waals surface area contributed by atoms with Crippen molar-refractivity contribution < 1.29 is 0 Å². The zero-order chi connectivity index (χ0) is 13.4. The largest absolute Gasteiger partial charge is 0.398 e. The predicted molar refractivity (Wildman–Crippen MR) is 83.3 cm³/mol. The SMILES string of the molecule is Cc1ccc(-c2ccc(C)c3ccccc23)cc1N. The molecule has 3 aromatic carbocycles. The van der Waals surface area contributed by atoms with Crippen molar-refractivity contribution in [1.82, 2.24) is 0 Å². The number of benzene rings is 3. The molecule has 0 saturated carbocycles. The van der Waals surface area contributed by atoms with E-state index in [-0.39, 0.29) is 0 Å². The van der Waals surface area contributed by atoms with Crippen molar-refractivity contribution in [3.63, 3.8) is 0 Å². The Kier molecular flexibility index (Phi) is 2.75. The summed E-state index contributed by atoms with van der Waals surface area (Å²) in [5, 5.41) is 2.59. The zero-order valence-electron chi connectivity index (χ0n) is 11.3. The second kappa shape index (κ2) is 4.43. The van der Waals surface area contributed by atoms with Crippen LogP contribution in [0.5, 0.6) is 0 Å². The van der Waals surface area contributed by atoms with E-state index in [4.69, 9.17) is 5.73 Å². The number of rotatable bonds is 1. The van der Waals surface area contributed by atoms with Gasteiger partial charge >= 0.3 is 0 Å². The highest BCUT2D eigenvalue weighted by Gasteiger charge is 2.06. The van der Waals surface area contributed by atoms with E-state index in [1.807, 2.05) is 6.92 Å². The molecule has 3 aromatic rings. The quantitative estimate of drug-likeness (QED) is 0.619. The van der Waals surface area contributed by atoms with Crippen molar-refractivity contribution >= 4 is 16.5 Å². The number of fused-ring (bicyclic) bond motifs is 1. The van der Waals surface area contributed by atoms with Crippen molar-refractivity contribution in [3.05, 3.63) is 65.7 Å². The summed E-state index contributed by atoms with van der Waals surface area (Å²) in [5.74, 6) is 0. The number of aryl methyl sites for hydroxylation is 2. The molecule has 0 aliphatic carbocycles. The molecule has 0 unspecified atom stereocenters. The first kappa shape index (κ1) is 11.8. The first-order valence-corrected chi connectivity index (χ1v) is 6.51. The fraction of sp³-hybridized carbons (Fsp3) is 0.111. The summed E-state index contributed by atoms with van der Waals surface area (Å²) in [6.07, 6.45) is 0. The molecule has 0 aromatic heterocycles. The Bertz CT molecular complexity index is 757. The van der Waals surface area contributed by atoms with Gasteiger partial charge in [0.05, 0.1) is 0 Å². The lowest BCUT2D eigenvalue weighted by molar-refractivity contribution is 1.46. The third-order valence-electron chi connectivity index (χ3n) is 3.73. The number of hydrogen-bond donors (Lipinski definition) is 1. The van der Waals surface area contributed by atoms with Crippen molar-refractivity contribution in [2.45, 2.75) is 13.8 Å². The van der Waals surface area contributed by atoms with Crippen molar-refractivity contribution in [3.8, 4) is 11.1 Å². The molecule has 0 atom stereocenters. The maximum Gasteiger partial charge on any atom is 0.0349 e. The molecular formula is C18H17N. The minimum absolute atomic E-state index is 0.849. The lowest BCUT2D eigenvalue weighted by atomic mass is 9.95. The van der Waals surface area contributed by atoms with Crippen LogP contribution in [0.2, 0.25) is 0 Å². The van der Waals surface area contributed by atoms with E-state index in [1.54, 1.807) is 0 Å². The summed E-state index contributed by atoms with van der Waals surface area (Å²) in [6, 6.07) is 19.2. The smallest absolute Gasteiger partial charge is 0.0349 e. The van der Waals surface area contributed by atoms with Crippen LogP contribution in [0.15, 0.2) is 54.6 Å². The highest BCUT2D eigenvalue weighted by molar-refractivity contribution is 5.98. The van der Waals surface area contributed by atoms with Gasteiger partial charge in [0, 0.05) is 5.69 Å². The summed E-state index contributed by atoms with van der Waals surface area (Å²) in [5.41, 5.74) is 11.7. The normalized spacial score (nSPS) is 10.8. The van der Waals surface area contributed by atoms with Gasteiger partial charge in [-0.05, 0) is 52.9 Å². The van der Waals surface area contributed by atoms with Crippen molar-refractivity contribution in [2.75, 3.05) is 5.73 Å². The van der Waals surface area contributed by atoms with Crippen LogP contribution in [0.3, 0.4) is 0 Å². The van der Waals surface area contributed by atoms with Gasteiger partial charge < -0.3 is 5.73 Å². The molecule has 0 heterocycles. The van der Waals surface area contributed by atoms with E-state index in [1.165, 1.54) is 27.5 Å². The molecule has 0 aliphatic heterocycles. The minimum Gasteiger partial charge on any atom is -0.398 e. The fourth-order valence-corrected chi connectivity index (χ4v) is 2.51. The number of nitrogens with two attached hydrogens (primary N) is 1. The van der Waals surface area contributed by atoms with Crippen LogP contribution in [0, 0.1) is 13.8 Å². The van der Waals surface area contributed by atoms with Gasteiger partial charge in [-0.1, -0.05) is 48.5 Å². The molecule has 0 radical (unpaired) electrons. The lowest BCUT2D eigenvalue weighted by Gasteiger charge is -2.10. The number of nitrogen functional groups attached to an aromatic ring is 1. The van der Waals surface area contributed by atoms with Gasteiger partial charge in [0.2, 0.25) is 0 Å². The lowest BCUT2D eigenvalue weighted by Crippen LogP contribution is -1.91. The maximum atomic E-state index is 6.03. The Morgan fingerprint density at radius 2 is 1.42 bits per heavy atom. The molecule has 0 aliphatic rings. The average molecular weight is 247 g/mol. The molecule has 0 amide bonds. The van der Waals surface area contributed by atoms with Crippen LogP contribution >= 0.6 is 0 Å². The maximum absolute atomic E-state index is 6.03. The first-order chi connectivity index (χ1) is 9.16. The molecule has 0 bridgehead atoms. The van der Waals surface area contributed by atoms with Crippen LogP contribution in [0.4, 0.5) is 5.69 Å². The van der Waals surface area contributed by atoms with Crippen molar-refractivity contribution in [2.24, 2.45) is 0 Å². The van der Waals surface area contributed by atoms with Crippen LogP contribution in [-0.2, 0) is 0 Å². The summed E-state index contributed by atoms with van der Waals surface area (Å²) in [7, 11) is 0. The predicted octanol–water partition coefficient (Wildman–Crippen LogP) is 4.71. The molecule has 94 valence electrons. The summed E-state index contributed by atoms with van der Waals surface area (Å²) < 4.78 is 0. The first-order valence-electron chi connectivity index (χ1n) is 6.51. The van der Waals surface area contributed by atoms with Gasteiger partial charge in [-0.25, -0.2) is 0 Å². The Hall–Kier alpha value is -2.28. The standard InChI is InChI=1S/C18H17N/c1-12-8-10-16(17-6-4-3-5-15(12)17)14-9-7-13(2)18(19)11-14/h3-11H,19H2,1-2H3. The molecular weight excluding hydrogens is 230 g/mol. The topological polar surface area (TPSA) is 26.0 Å². The Balaban J connectivity index is 2.31. The van der Waals surface area contributed by atoms with E-state index in [9.17, 15) is 0 Å². The Labute approximate surface area is 113 Å². The van der Waals surface area contributed by atoms with Crippen LogP contribution in [-0.4, -0.2) is 0 Å². The summed E-state index contributed by atoms with van der Waals surface area (Å²) in [4.78, 5) is 0. The van der Waals surface area contributed by atoms with E-state index < -0.39 is 0 Å². The van der Waals surface area contributed by atoms with Gasteiger partial charge in [-0.3, -0.25) is 0 Å². The van der Waals surface area contributed by atoms with E-state index in [0.717, 1.165) is 11.3 Å². The monoisotopic (exact) mass is 247 g/mol. The zero-order valence-corrected chi connectivity index (χ0v) is 11.3. The van der Waals surface area contributed by atoms with Crippen LogP contribution in [0.1, 0.15) is 11.1 Å². The molecule has 1 heteroatoms. The van der Waals surface area contributed by atoms with Gasteiger partial charge in [-0.15, -0.1) is 0 Å². The summed E-state index contributed by atoms with van der Waals surface area (Å²) in [6.45, 7) is 4.18. The van der Waals surface area contributed by atoms with Gasteiger partial charge in [0.1, 0.15) is 0 Å². The van der Waals surface area contributed by atoms with Crippen molar-refractivity contribution in [1.29, 1.82) is 0 Å². The second-order valence-corrected chi connectivity index (χ2v) is 5.05. The molecule has 0 saturated heterocycles. The van der Waals surface area contributed by atoms with Gasteiger partial charge in [-0.2, -0.15) is 0 Å². The molecule has 3 rings (SSSR count). The van der Waals surface area contributed by atoms with E-state index in [0.29, 0.717) is 0 Å². The highest BCUT2D eigenvalue weighted by Crippen LogP contribution is 2.32. The number of hydrogen-bond acceptors (Lipinski definition) is 1. The molecule has 2 N–H and O–H groups in total. The Morgan fingerprint density at radius 1 is 0.737 bits per heavy atom. The van der Waals surface area contributed by atoms with E-state index >= 15 is 0 Å². The highest BCUT2D eigenvalue weighted by atomic mass is 14.6. The fourth-order valence-electron chi connectivity index (χ4n) is 2.51. The molecule has 0 spiro atoms. The molecule has 19 heavy (non-hydrogen) atoms. The molecule has 1 nitrogen and oxygen atoms in total. The van der Waals surface area contributed by atoms with Gasteiger partial charge in [0.15, 0.2) is 0 Å². The van der Waals surface area contributed by atoms with E-state index in [2.05, 4.69) is 61.5 Å². The minimum atomic E-state index is 0.849. The average Bonchev–Trinajstić information content (AvgIpc) is 2.43. The van der Waals surface area contributed by atoms with Gasteiger partial charge in [0.25, 0.3) is 0 Å².